The molecule has 1 aromatic rings. The maximum absolute atomic E-state index is 11.8. The number of rotatable bonds is 5. The topological polar surface area (TPSA) is 84.9 Å². The molecule has 0 aliphatic heterocycles. The van der Waals surface area contributed by atoms with Crippen molar-refractivity contribution in [3.05, 3.63) is 18.2 Å². The van der Waals surface area contributed by atoms with Crippen LogP contribution in [0.5, 0.6) is 11.5 Å². The summed E-state index contributed by atoms with van der Waals surface area (Å²) in [6.45, 7) is 0. The second kappa shape index (κ2) is 5.17. The first-order valence-electron chi connectivity index (χ1n) is 5.82. The van der Waals surface area contributed by atoms with Crippen molar-refractivity contribution in [3.63, 3.8) is 0 Å². The van der Waals surface area contributed by atoms with E-state index in [-0.39, 0.29) is 5.91 Å². The molecule has 0 spiro atoms. The molecule has 0 bridgehead atoms. The smallest absolute Gasteiger partial charge is 0.307 e. The average Bonchev–Trinajstić information content (AvgIpc) is 3.18. The second-order valence-electron chi connectivity index (χ2n) is 4.38. The predicted octanol–water partition coefficient (Wildman–Crippen LogP) is 1.36. The van der Waals surface area contributed by atoms with Gasteiger partial charge in [-0.2, -0.15) is 0 Å². The van der Waals surface area contributed by atoms with Gasteiger partial charge in [0.25, 0.3) is 0 Å². The van der Waals surface area contributed by atoms with Crippen LogP contribution < -0.4 is 14.8 Å². The van der Waals surface area contributed by atoms with Crippen molar-refractivity contribution in [1.29, 1.82) is 0 Å². The molecule has 6 nitrogen and oxygen atoms in total. The molecule has 19 heavy (non-hydrogen) atoms. The molecule has 6 heteroatoms. The number of amides is 1. The zero-order chi connectivity index (χ0) is 14.0. The second-order valence-corrected chi connectivity index (χ2v) is 4.38. The fourth-order valence-corrected chi connectivity index (χ4v) is 1.87. The molecule has 2 N–H and O–H groups in total. The van der Waals surface area contributed by atoms with Crippen molar-refractivity contribution in [2.45, 2.75) is 6.42 Å². The van der Waals surface area contributed by atoms with Crippen LogP contribution in [0.25, 0.3) is 0 Å². The predicted molar refractivity (Wildman–Crippen MR) is 67.4 cm³/mol. The van der Waals surface area contributed by atoms with Crippen LogP contribution in [0.2, 0.25) is 0 Å². The molecule has 0 heterocycles. The molecule has 2 rings (SSSR count). The Labute approximate surface area is 110 Å². The van der Waals surface area contributed by atoms with Gasteiger partial charge in [0.15, 0.2) is 0 Å². The van der Waals surface area contributed by atoms with Gasteiger partial charge in [-0.05, 0) is 6.42 Å². The van der Waals surface area contributed by atoms with Crippen LogP contribution >= 0.6 is 0 Å². The molecule has 1 aliphatic carbocycles. The van der Waals surface area contributed by atoms with E-state index < -0.39 is 17.8 Å². The lowest BCUT2D eigenvalue weighted by molar-refractivity contribution is -0.139. The van der Waals surface area contributed by atoms with Gasteiger partial charge >= 0.3 is 5.97 Å². The third-order valence-corrected chi connectivity index (χ3v) is 3.06. The minimum atomic E-state index is -0.927. The van der Waals surface area contributed by atoms with Crippen molar-refractivity contribution in [2.75, 3.05) is 19.5 Å². The zero-order valence-corrected chi connectivity index (χ0v) is 10.7. The summed E-state index contributed by atoms with van der Waals surface area (Å²) < 4.78 is 10.2. The molecule has 1 aliphatic rings. The summed E-state index contributed by atoms with van der Waals surface area (Å²) in [6.07, 6.45) is 0.391. The number of nitrogens with one attached hydrogen (secondary N) is 1. The van der Waals surface area contributed by atoms with Gasteiger partial charge in [0, 0.05) is 23.9 Å². The van der Waals surface area contributed by atoms with Gasteiger partial charge in [-0.3, -0.25) is 9.59 Å². The van der Waals surface area contributed by atoms with Gasteiger partial charge in [0.1, 0.15) is 11.5 Å². The van der Waals surface area contributed by atoms with E-state index in [0.717, 1.165) is 0 Å². The highest BCUT2D eigenvalue weighted by atomic mass is 16.5. The summed E-state index contributed by atoms with van der Waals surface area (Å²) in [5.74, 6) is -1.12. The highest BCUT2D eigenvalue weighted by Gasteiger charge is 2.48. The summed E-state index contributed by atoms with van der Waals surface area (Å²) in [5.41, 5.74) is 0.525. The molecular weight excluding hydrogens is 250 g/mol. The number of carbonyl (C=O) groups excluding carboxylic acids is 1. The maximum Gasteiger partial charge on any atom is 0.307 e. The van der Waals surface area contributed by atoms with Crippen molar-refractivity contribution >= 4 is 17.6 Å². The fraction of sp³-hybridized carbons (Fsp3) is 0.385. The summed E-state index contributed by atoms with van der Waals surface area (Å²) in [6, 6.07) is 4.99. The minimum Gasteiger partial charge on any atom is -0.497 e. The summed E-state index contributed by atoms with van der Waals surface area (Å²) >= 11 is 0. The molecule has 2 atom stereocenters. The molecule has 1 aromatic carbocycles. The van der Waals surface area contributed by atoms with Crippen LogP contribution in [0.15, 0.2) is 18.2 Å². The van der Waals surface area contributed by atoms with Gasteiger partial charge in [-0.15, -0.1) is 0 Å². The van der Waals surface area contributed by atoms with E-state index in [1.54, 1.807) is 18.2 Å². The number of hydrogen-bond donors (Lipinski definition) is 2. The van der Waals surface area contributed by atoms with Gasteiger partial charge in [-0.1, -0.05) is 0 Å². The molecule has 0 aromatic heterocycles. The van der Waals surface area contributed by atoms with Crippen LogP contribution in [-0.4, -0.2) is 31.2 Å². The summed E-state index contributed by atoms with van der Waals surface area (Å²) in [4.78, 5) is 22.5. The van der Waals surface area contributed by atoms with Crippen LogP contribution in [-0.2, 0) is 9.59 Å². The highest BCUT2D eigenvalue weighted by molar-refractivity contribution is 5.98. The first kappa shape index (κ1) is 13.2. The molecule has 1 fully saturated rings. The Kier molecular flexibility index (Phi) is 3.59. The SMILES string of the molecule is COc1cc(NC(=O)[C@@H]2C[C@@H]2C(=O)O)cc(OC)c1. The van der Waals surface area contributed by atoms with Gasteiger partial charge in [0.2, 0.25) is 5.91 Å². The van der Waals surface area contributed by atoms with E-state index in [2.05, 4.69) is 5.32 Å². The average molecular weight is 265 g/mol. The van der Waals surface area contributed by atoms with Gasteiger partial charge in [-0.25, -0.2) is 0 Å². The van der Waals surface area contributed by atoms with E-state index in [1.807, 2.05) is 0 Å². The van der Waals surface area contributed by atoms with Crippen molar-refractivity contribution in [2.24, 2.45) is 11.8 Å². The van der Waals surface area contributed by atoms with Crippen molar-refractivity contribution < 1.29 is 24.2 Å². The van der Waals surface area contributed by atoms with E-state index >= 15 is 0 Å². The number of anilines is 1. The third-order valence-electron chi connectivity index (χ3n) is 3.06. The highest BCUT2D eigenvalue weighted by Crippen LogP contribution is 2.39. The Hall–Kier alpha value is -2.24. The van der Waals surface area contributed by atoms with Gasteiger partial charge < -0.3 is 19.9 Å². The maximum atomic E-state index is 11.8. The molecule has 1 saturated carbocycles. The minimum absolute atomic E-state index is 0.289. The fourth-order valence-electron chi connectivity index (χ4n) is 1.87. The van der Waals surface area contributed by atoms with E-state index in [1.165, 1.54) is 14.2 Å². The van der Waals surface area contributed by atoms with Crippen molar-refractivity contribution in [3.8, 4) is 11.5 Å². The summed E-state index contributed by atoms with van der Waals surface area (Å²) in [5, 5.41) is 11.5. The van der Waals surface area contributed by atoms with Crippen LogP contribution in [0.1, 0.15) is 6.42 Å². The van der Waals surface area contributed by atoms with Gasteiger partial charge in [0.05, 0.1) is 26.1 Å². The lowest BCUT2D eigenvalue weighted by atomic mass is 10.2. The zero-order valence-electron chi connectivity index (χ0n) is 10.7. The molecular formula is C13H15NO5. The molecule has 0 saturated heterocycles. The Balaban J connectivity index is 2.07. The normalized spacial score (nSPS) is 20.5. The number of carbonyl (C=O) groups is 2. The standard InChI is InChI=1S/C13H15NO5/c1-18-8-3-7(4-9(5-8)19-2)14-12(15)10-6-11(10)13(16)17/h3-5,10-11H,6H2,1-2H3,(H,14,15)(H,16,17)/t10-,11+/m1/s1. The van der Waals surface area contributed by atoms with E-state index in [0.29, 0.717) is 23.6 Å². The number of carboxylic acids is 1. The summed E-state index contributed by atoms with van der Waals surface area (Å²) in [7, 11) is 3.03. The largest absolute Gasteiger partial charge is 0.497 e. The van der Waals surface area contributed by atoms with Crippen LogP contribution in [0, 0.1) is 11.8 Å². The Morgan fingerprint density at radius 3 is 2.16 bits per heavy atom. The lowest BCUT2D eigenvalue weighted by Crippen LogP contribution is -2.16. The third kappa shape index (κ3) is 2.96. The van der Waals surface area contributed by atoms with Crippen LogP contribution in [0.4, 0.5) is 5.69 Å². The number of ether oxygens (including phenoxy) is 2. The first-order chi connectivity index (χ1) is 9.05. The van der Waals surface area contributed by atoms with Crippen LogP contribution in [0.3, 0.4) is 0 Å². The van der Waals surface area contributed by atoms with Crippen molar-refractivity contribution in [1.82, 2.24) is 0 Å². The molecule has 102 valence electrons. The first-order valence-corrected chi connectivity index (χ1v) is 5.82. The molecule has 0 radical (unpaired) electrons. The number of aliphatic carboxylic acids is 1. The molecule has 1 amide bonds. The lowest BCUT2D eigenvalue weighted by Gasteiger charge is -2.09. The Morgan fingerprint density at radius 1 is 1.16 bits per heavy atom. The Bertz CT molecular complexity index is 492. The number of benzene rings is 1. The monoisotopic (exact) mass is 265 g/mol. The number of methoxy groups -OCH3 is 2. The van der Waals surface area contributed by atoms with E-state index in [4.69, 9.17) is 14.6 Å². The molecule has 0 unspecified atom stereocenters. The number of hydrogen-bond acceptors (Lipinski definition) is 4. The van der Waals surface area contributed by atoms with E-state index in [9.17, 15) is 9.59 Å². The Morgan fingerprint density at radius 2 is 1.74 bits per heavy atom. The quantitative estimate of drug-likeness (QED) is 0.839. The number of carboxylic acid groups (broad SMARTS) is 1.